The predicted molar refractivity (Wildman–Crippen MR) is 80.2 cm³/mol. The van der Waals surface area contributed by atoms with Crippen molar-refractivity contribution in [3.05, 3.63) is 23.8 Å². The second-order valence-electron chi connectivity index (χ2n) is 5.61. The van der Waals surface area contributed by atoms with Gasteiger partial charge in [-0.05, 0) is 23.1 Å². The zero-order valence-electron chi connectivity index (χ0n) is 12.8. The van der Waals surface area contributed by atoms with Gasteiger partial charge >= 0.3 is 0 Å². The molecule has 0 heterocycles. The van der Waals surface area contributed by atoms with E-state index in [-0.39, 0.29) is 17.9 Å². The molecular formula is C15H24N2O3. The fourth-order valence-electron chi connectivity index (χ4n) is 1.80. The summed E-state index contributed by atoms with van der Waals surface area (Å²) in [7, 11) is 3.03. The minimum absolute atomic E-state index is 0.0136. The first-order valence-corrected chi connectivity index (χ1v) is 6.55. The minimum atomic E-state index is -0.669. The first-order chi connectivity index (χ1) is 9.33. The van der Waals surface area contributed by atoms with Crippen LogP contribution in [-0.4, -0.2) is 32.8 Å². The molecule has 5 nitrogen and oxygen atoms in total. The van der Waals surface area contributed by atoms with Crippen molar-refractivity contribution in [1.29, 1.82) is 0 Å². The van der Waals surface area contributed by atoms with Crippen molar-refractivity contribution in [3.63, 3.8) is 0 Å². The molecule has 0 radical (unpaired) electrons. The van der Waals surface area contributed by atoms with Crippen molar-refractivity contribution in [2.24, 2.45) is 5.73 Å². The first kappa shape index (κ1) is 16.5. The highest BCUT2D eigenvalue weighted by Crippen LogP contribution is 2.31. The highest BCUT2D eigenvalue weighted by atomic mass is 16.5. The summed E-state index contributed by atoms with van der Waals surface area (Å²) in [5.41, 5.74) is 7.21. The lowest BCUT2D eigenvalue weighted by molar-refractivity contribution is -0.125. The minimum Gasteiger partial charge on any atom is -0.495 e. The lowest BCUT2D eigenvalue weighted by atomic mass is 9.87. The quantitative estimate of drug-likeness (QED) is 0.864. The number of benzene rings is 1. The van der Waals surface area contributed by atoms with E-state index in [1.165, 1.54) is 7.11 Å². The van der Waals surface area contributed by atoms with Gasteiger partial charge < -0.3 is 20.5 Å². The summed E-state index contributed by atoms with van der Waals surface area (Å²) in [6, 6.07) is 5.76. The summed E-state index contributed by atoms with van der Waals surface area (Å²) in [5.74, 6) is 0.331. The summed E-state index contributed by atoms with van der Waals surface area (Å²) >= 11 is 0. The van der Waals surface area contributed by atoms with Crippen molar-refractivity contribution < 1.29 is 14.3 Å². The number of ether oxygens (including phenoxy) is 2. The SMILES string of the molecule is COc1ccc(C(C)(C)C)cc1NC(=O)C(CN)OC. The molecular weight excluding hydrogens is 256 g/mol. The van der Waals surface area contributed by atoms with E-state index in [0.29, 0.717) is 11.4 Å². The molecule has 1 atom stereocenters. The van der Waals surface area contributed by atoms with Crippen LogP contribution in [0.3, 0.4) is 0 Å². The smallest absolute Gasteiger partial charge is 0.254 e. The van der Waals surface area contributed by atoms with E-state index in [0.717, 1.165) is 5.56 Å². The number of rotatable bonds is 5. The fourth-order valence-corrected chi connectivity index (χ4v) is 1.80. The topological polar surface area (TPSA) is 73.6 Å². The Kier molecular flexibility index (Phi) is 5.53. The molecule has 0 fully saturated rings. The molecule has 0 aliphatic carbocycles. The monoisotopic (exact) mass is 280 g/mol. The fraction of sp³-hybridized carbons (Fsp3) is 0.533. The highest BCUT2D eigenvalue weighted by molar-refractivity contribution is 5.95. The summed E-state index contributed by atoms with van der Waals surface area (Å²) in [4.78, 5) is 12.0. The lowest BCUT2D eigenvalue weighted by Gasteiger charge is -2.22. The summed E-state index contributed by atoms with van der Waals surface area (Å²) < 4.78 is 10.3. The number of nitrogens with two attached hydrogens (primary N) is 1. The summed E-state index contributed by atoms with van der Waals surface area (Å²) in [6.07, 6.45) is -0.669. The van der Waals surface area contributed by atoms with Crippen LogP contribution in [0.15, 0.2) is 18.2 Å². The average molecular weight is 280 g/mol. The molecule has 1 aromatic carbocycles. The van der Waals surface area contributed by atoms with Gasteiger partial charge in [-0.3, -0.25) is 4.79 Å². The molecule has 112 valence electrons. The van der Waals surface area contributed by atoms with E-state index in [1.54, 1.807) is 7.11 Å². The van der Waals surface area contributed by atoms with Crippen LogP contribution < -0.4 is 15.8 Å². The van der Waals surface area contributed by atoms with Crippen molar-refractivity contribution in [2.45, 2.75) is 32.3 Å². The number of hydrogen-bond acceptors (Lipinski definition) is 4. The van der Waals surface area contributed by atoms with Crippen LogP contribution in [0.2, 0.25) is 0 Å². The first-order valence-electron chi connectivity index (χ1n) is 6.55. The zero-order valence-corrected chi connectivity index (χ0v) is 12.8. The van der Waals surface area contributed by atoms with Crippen molar-refractivity contribution in [2.75, 3.05) is 26.1 Å². The molecule has 0 aliphatic rings. The maximum atomic E-state index is 12.0. The Morgan fingerprint density at radius 1 is 1.35 bits per heavy atom. The number of carbonyl (C=O) groups is 1. The molecule has 0 saturated heterocycles. The van der Waals surface area contributed by atoms with E-state index in [1.807, 2.05) is 18.2 Å². The van der Waals surface area contributed by atoms with Crippen LogP contribution in [0, 0.1) is 0 Å². The molecule has 5 heteroatoms. The predicted octanol–water partition coefficient (Wildman–Crippen LogP) is 1.90. The second kappa shape index (κ2) is 6.72. The Labute approximate surface area is 120 Å². The molecule has 0 saturated carbocycles. The van der Waals surface area contributed by atoms with E-state index in [9.17, 15) is 4.79 Å². The second-order valence-corrected chi connectivity index (χ2v) is 5.61. The van der Waals surface area contributed by atoms with Gasteiger partial charge in [-0.15, -0.1) is 0 Å². The molecule has 1 aromatic rings. The number of nitrogens with one attached hydrogen (secondary N) is 1. The molecule has 1 rings (SSSR count). The van der Waals surface area contributed by atoms with Crippen LogP contribution in [0.25, 0.3) is 0 Å². The molecule has 0 spiro atoms. The van der Waals surface area contributed by atoms with Crippen molar-refractivity contribution in [1.82, 2.24) is 0 Å². The maximum Gasteiger partial charge on any atom is 0.254 e. The van der Waals surface area contributed by atoms with E-state index in [2.05, 4.69) is 26.1 Å². The van der Waals surface area contributed by atoms with Crippen LogP contribution in [0.5, 0.6) is 5.75 Å². The number of anilines is 1. The summed E-state index contributed by atoms with van der Waals surface area (Å²) in [5, 5.41) is 2.81. The number of amides is 1. The Morgan fingerprint density at radius 3 is 2.45 bits per heavy atom. The van der Waals surface area contributed by atoms with Crippen LogP contribution >= 0.6 is 0 Å². The average Bonchev–Trinajstić information content (AvgIpc) is 2.39. The van der Waals surface area contributed by atoms with Crippen molar-refractivity contribution in [3.8, 4) is 5.75 Å². The van der Waals surface area contributed by atoms with Gasteiger partial charge in [-0.25, -0.2) is 0 Å². The van der Waals surface area contributed by atoms with Crippen molar-refractivity contribution >= 4 is 11.6 Å². The van der Waals surface area contributed by atoms with Crippen LogP contribution in [-0.2, 0) is 14.9 Å². The molecule has 3 N–H and O–H groups in total. The highest BCUT2D eigenvalue weighted by Gasteiger charge is 2.20. The third-order valence-corrected chi connectivity index (χ3v) is 3.11. The van der Waals surface area contributed by atoms with Gasteiger partial charge in [0.2, 0.25) is 0 Å². The van der Waals surface area contributed by atoms with Crippen LogP contribution in [0.1, 0.15) is 26.3 Å². The lowest BCUT2D eigenvalue weighted by Crippen LogP contribution is -2.36. The molecule has 0 bridgehead atoms. The third kappa shape index (κ3) is 3.95. The van der Waals surface area contributed by atoms with Gasteiger partial charge in [0.15, 0.2) is 0 Å². The van der Waals surface area contributed by atoms with Gasteiger partial charge in [0.05, 0.1) is 12.8 Å². The number of methoxy groups -OCH3 is 2. The Balaban J connectivity index is 3.06. The molecule has 20 heavy (non-hydrogen) atoms. The molecule has 0 aromatic heterocycles. The molecule has 1 unspecified atom stereocenters. The Bertz CT molecular complexity index is 463. The maximum absolute atomic E-state index is 12.0. The molecule has 0 aliphatic heterocycles. The van der Waals surface area contributed by atoms with E-state index in [4.69, 9.17) is 15.2 Å². The van der Waals surface area contributed by atoms with E-state index < -0.39 is 6.10 Å². The van der Waals surface area contributed by atoms with E-state index >= 15 is 0 Å². The summed E-state index contributed by atoms with van der Waals surface area (Å²) in [6.45, 7) is 6.46. The Morgan fingerprint density at radius 2 is 2.00 bits per heavy atom. The van der Waals surface area contributed by atoms with Gasteiger partial charge in [0.1, 0.15) is 11.9 Å². The zero-order chi connectivity index (χ0) is 15.3. The van der Waals surface area contributed by atoms with Gasteiger partial charge in [-0.1, -0.05) is 26.8 Å². The van der Waals surface area contributed by atoms with Crippen LogP contribution in [0.4, 0.5) is 5.69 Å². The van der Waals surface area contributed by atoms with Gasteiger partial charge in [0.25, 0.3) is 5.91 Å². The number of carbonyl (C=O) groups excluding carboxylic acids is 1. The Hall–Kier alpha value is -1.59. The third-order valence-electron chi connectivity index (χ3n) is 3.11. The normalized spacial score (nSPS) is 12.9. The van der Waals surface area contributed by atoms with Gasteiger partial charge in [0, 0.05) is 13.7 Å². The molecule has 1 amide bonds. The largest absolute Gasteiger partial charge is 0.495 e. The van der Waals surface area contributed by atoms with Gasteiger partial charge in [-0.2, -0.15) is 0 Å². The standard InChI is InChI=1S/C15H24N2O3/c1-15(2,3)10-6-7-12(19-4)11(8-10)17-14(18)13(9-16)20-5/h6-8,13H,9,16H2,1-5H3,(H,17,18). The number of hydrogen-bond donors (Lipinski definition) is 2.